The number of aryl methyl sites for hydroxylation is 1. The zero-order valence-electron chi connectivity index (χ0n) is 16.7. The molecule has 1 fully saturated rings. The first kappa shape index (κ1) is 18.7. The summed E-state index contributed by atoms with van der Waals surface area (Å²) in [5, 5.41) is 2.06. The lowest BCUT2D eigenvalue weighted by Gasteiger charge is -2.38. The molecule has 4 nitrogen and oxygen atoms in total. The van der Waals surface area contributed by atoms with Crippen molar-refractivity contribution in [2.45, 2.75) is 25.8 Å². The van der Waals surface area contributed by atoms with Crippen LogP contribution in [0.2, 0.25) is 0 Å². The molecule has 4 rings (SSSR count). The molecular weight excluding hydrogens is 351 g/mol. The average molecular weight is 378 g/mol. The Morgan fingerprint density at radius 2 is 2.04 bits per heavy atom. The van der Waals surface area contributed by atoms with E-state index in [1.807, 2.05) is 25.1 Å². The lowest BCUT2D eigenvalue weighted by atomic mass is 9.95. The summed E-state index contributed by atoms with van der Waals surface area (Å²) in [5.74, 6) is 0.309. The second-order valence-electron chi connectivity index (χ2n) is 7.96. The number of nitrogens with two attached hydrogens (primary N) is 1. The summed E-state index contributed by atoms with van der Waals surface area (Å²) in [4.78, 5) is 8.97. The molecule has 0 bridgehead atoms. The number of hydrogen-bond donors (Lipinski definition) is 1. The number of anilines is 2. The normalized spacial score (nSPS) is 17.5. The number of fused-ring (bicyclic) bond motifs is 1. The van der Waals surface area contributed by atoms with E-state index in [0.717, 1.165) is 47.1 Å². The minimum absolute atomic E-state index is 0.196. The quantitative estimate of drug-likeness (QED) is 0.731. The summed E-state index contributed by atoms with van der Waals surface area (Å²) in [5.41, 5.74) is 9.58. The maximum atomic E-state index is 14.7. The number of nitrogens with zero attached hydrogens (tertiary/aromatic N) is 3. The highest BCUT2D eigenvalue weighted by atomic mass is 19.1. The molecule has 5 heteroatoms. The van der Waals surface area contributed by atoms with Gasteiger partial charge in [0.15, 0.2) is 0 Å². The molecule has 2 aromatic carbocycles. The van der Waals surface area contributed by atoms with Gasteiger partial charge in [-0.05, 0) is 69.3 Å². The molecule has 28 heavy (non-hydrogen) atoms. The maximum Gasteiger partial charge on any atom is 0.131 e. The summed E-state index contributed by atoms with van der Waals surface area (Å²) in [6.07, 6.45) is 4.12. The van der Waals surface area contributed by atoms with Crippen molar-refractivity contribution in [1.82, 2.24) is 9.88 Å². The largest absolute Gasteiger partial charge is 0.384 e. The van der Waals surface area contributed by atoms with Gasteiger partial charge in [-0.2, -0.15) is 0 Å². The molecule has 1 aliphatic heterocycles. The monoisotopic (exact) mass is 378 g/mol. The van der Waals surface area contributed by atoms with E-state index in [-0.39, 0.29) is 5.82 Å². The molecule has 146 valence electrons. The SMILES string of the molecule is Cc1cccc(F)c1-c1cc(N2CCC[C@H](N(C)C)C2)c2cc(N)ncc2c1. The van der Waals surface area contributed by atoms with Crippen LogP contribution in [0.25, 0.3) is 21.9 Å². The van der Waals surface area contributed by atoms with E-state index < -0.39 is 0 Å². The Morgan fingerprint density at radius 1 is 1.21 bits per heavy atom. The summed E-state index contributed by atoms with van der Waals surface area (Å²) in [6.45, 7) is 3.89. The highest BCUT2D eigenvalue weighted by Crippen LogP contribution is 2.37. The van der Waals surface area contributed by atoms with E-state index in [2.05, 4.69) is 34.9 Å². The number of pyridine rings is 1. The van der Waals surface area contributed by atoms with Crippen LogP contribution >= 0.6 is 0 Å². The predicted octanol–water partition coefficient (Wildman–Crippen LogP) is 4.46. The van der Waals surface area contributed by atoms with Crippen LogP contribution in [-0.2, 0) is 0 Å². The van der Waals surface area contributed by atoms with Gasteiger partial charge in [0.25, 0.3) is 0 Å². The molecule has 2 N–H and O–H groups in total. The topological polar surface area (TPSA) is 45.4 Å². The average Bonchev–Trinajstić information content (AvgIpc) is 2.67. The highest BCUT2D eigenvalue weighted by Gasteiger charge is 2.24. The number of aromatic nitrogens is 1. The third kappa shape index (κ3) is 3.42. The van der Waals surface area contributed by atoms with Gasteiger partial charge in [0, 0.05) is 47.4 Å². The van der Waals surface area contributed by atoms with Crippen LogP contribution in [0.3, 0.4) is 0 Å². The molecule has 1 saturated heterocycles. The van der Waals surface area contributed by atoms with Crippen LogP contribution in [0, 0.1) is 12.7 Å². The van der Waals surface area contributed by atoms with Crippen molar-refractivity contribution in [2.24, 2.45) is 0 Å². The third-order valence-corrected chi connectivity index (χ3v) is 5.81. The first-order chi connectivity index (χ1) is 13.4. The van der Waals surface area contributed by atoms with Gasteiger partial charge in [-0.1, -0.05) is 12.1 Å². The Labute approximate surface area is 165 Å². The van der Waals surface area contributed by atoms with Gasteiger partial charge >= 0.3 is 0 Å². The fraction of sp³-hybridized carbons (Fsp3) is 0.348. The van der Waals surface area contributed by atoms with Crippen LogP contribution < -0.4 is 10.6 Å². The summed E-state index contributed by atoms with van der Waals surface area (Å²) < 4.78 is 14.7. The molecule has 0 spiro atoms. The number of rotatable bonds is 3. The molecule has 1 aromatic heterocycles. The highest BCUT2D eigenvalue weighted by molar-refractivity contribution is 5.99. The van der Waals surface area contributed by atoms with E-state index in [1.165, 1.54) is 12.5 Å². The molecule has 1 aliphatic rings. The molecule has 0 radical (unpaired) electrons. The first-order valence-electron chi connectivity index (χ1n) is 9.80. The van der Waals surface area contributed by atoms with Gasteiger partial charge in [-0.25, -0.2) is 9.37 Å². The fourth-order valence-corrected chi connectivity index (χ4v) is 4.25. The van der Waals surface area contributed by atoms with Gasteiger partial charge in [-0.3, -0.25) is 0 Å². The van der Waals surface area contributed by atoms with Crippen molar-refractivity contribution in [3.8, 4) is 11.1 Å². The van der Waals surface area contributed by atoms with Crippen LogP contribution in [0.1, 0.15) is 18.4 Å². The molecule has 0 aliphatic carbocycles. The van der Waals surface area contributed by atoms with Crippen LogP contribution in [0.15, 0.2) is 42.6 Å². The van der Waals surface area contributed by atoms with E-state index in [0.29, 0.717) is 17.4 Å². The number of piperidine rings is 1. The van der Waals surface area contributed by atoms with E-state index in [1.54, 1.807) is 12.3 Å². The number of nitrogen functional groups attached to an aromatic ring is 1. The van der Waals surface area contributed by atoms with Gasteiger partial charge in [0.05, 0.1) is 0 Å². The molecular formula is C23H27FN4. The minimum Gasteiger partial charge on any atom is -0.384 e. The fourth-order valence-electron chi connectivity index (χ4n) is 4.25. The summed E-state index contributed by atoms with van der Waals surface area (Å²) >= 11 is 0. The van der Waals surface area contributed by atoms with E-state index >= 15 is 0 Å². The van der Waals surface area contributed by atoms with Gasteiger partial charge in [-0.15, -0.1) is 0 Å². The molecule has 1 atom stereocenters. The number of likely N-dealkylation sites (N-methyl/N-ethyl adjacent to an activating group) is 1. The van der Waals surface area contributed by atoms with Crippen LogP contribution in [-0.4, -0.2) is 43.1 Å². The molecule has 0 saturated carbocycles. The van der Waals surface area contributed by atoms with Gasteiger partial charge < -0.3 is 15.5 Å². The molecule has 0 amide bonds. The van der Waals surface area contributed by atoms with Crippen molar-refractivity contribution in [2.75, 3.05) is 37.8 Å². The second-order valence-corrected chi connectivity index (χ2v) is 7.96. The van der Waals surface area contributed by atoms with Crippen LogP contribution in [0.5, 0.6) is 0 Å². The lowest BCUT2D eigenvalue weighted by molar-refractivity contribution is 0.258. The van der Waals surface area contributed by atoms with Crippen molar-refractivity contribution >= 4 is 22.3 Å². The Morgan fingerprint density at radius 3 is 2.79 bits per heavy atom. The third-order valence-electron chi connectivity index (χ3n) is 5.81. The first-order valence-corrected chi connectivity index (χ1v) is 9.80. The van der Waals surface area contributed by atoms with E-state index in [4.69, 9.17) is 5.73 Å². The Kier molecular flexibility index (Phi) is 4.94. The molecule has 2 heterocycles. The Bertz CT molecular complexity index is 995. The number of halogens is 1. The standard InChI is InChI=1S/C23H27FN4/c1-15-6-4-8-20(24)23(15)16-10-17-13-26-22(25)12-19(17)21(11-16)28-9-5-7-18(14-28)27(2)3/h4,6,8,10-13,18H,5,7,9,14H2,1-3H3,(H2,25,26)/t18-/m0/s1. The zero-order valence-corrected chi connectivity index (χ0v) is 16.7. The summed E-state index contributed by atoms with van der Waals surface area (Å²) in [7, 11) is 4.26. The van der Waals surface area contributed by atoms with Crippen molar-refractivity contribution < 1.29 is 4.39 Å². The Hall–Kier alpha value is -2.66. The van der Waals surface area contributed by atoms with Crippen LogP contribution in [0.4, 0.5) is 15.9 Å². The number of benzene rings is 2. The lowest BCUT2D eigenvalue weighted by Crippen LogP contribution is -2.45. The minimum atomic E-state index is -0.196. The predicted molar refractivity (Wildman–Crippen MR) is 115 cm³/mol. The zero-order chi connectivity index (χ0) is 19.8. The van der Waals surface area contributed by atoms with Crippen molar-refractivity contribution in [1.29, 1.82) is 0 Å². The Balaban J connectivity index is 1.90. The van der Waals surface area contributed by atoms with Crippen molar-refractivity contribution in [3.63, 3.8) is 0 Å². The molecule has 3 aromatic rings. The summed E-state index contributed by atoms with van der Waals surface area (Å²) in [6, 6.07) is 11.8. The van der Waals surface area contributed by atoms with Gasteiger partial charge in [0.2, 0.25) is 0 Å². The van der Waals surface area contributed by atoms with Gasteiger partial charge in [0.1, 0.15) is 11.6 Å². The number of hydrogen-bond acceptors (Lipinski definition) is 4. The van der Waals surface area contributed by atoms with Crippen molar-refractivity contribution in [3.05, 3.63) is 54.0 Å². The second kappa shape index (κ2) is 7.40. The molecule has 0 unspecified atom stereocenters. The smallest absolute Gasteiger partial charge is 0.131 e. The van der Waals surface area contributed by atoms with E-state index in [9.17, 15) is 4.39 Å². The maximum absolute atomic E-state index is 14.7.